The third-order valence-electron chi connectivity index (χ3n) is 2.41. The summed E-state index contributed by atoms with van der Waals surface area (Å²) in [6.45, 7) is 6.34. The highest BCUT2D eigenvalue weighted by molar-refractivity contribution is 5.88. The standard InChI is InChI=1S/C13H18N2O2/c1-4-6-11-8-10(13(16)17)9-12(14-11)15(3)7-5-2/h5,8-9H,2,4,6-7H2,1,3H3,(H,16,17). The zero-order valence-electron chi connectivity index (χ0n) is 10.3. The third kappa shape index (κ3) is 3.59. The monoisotopic (exact) mass is 234 g/mol. The Morgan fingerprint density at radius 2 is 2.29 bits per heavy atom. The molecule has 0 aliphatic heterocycles. The second-order valence-electron chi connectivity index (χ2n) is 3.93. The number of hydrogen-bond acceptors (Lipinski definition) is 3. The number of carbonyl (C=O) groups is 1. The number of nitrogens with zero attached hydrogens (tertiary/aromatic N) is 2. The first kappa shape index (κ1) is 13.2. The van der Waals surface area contributed by atoms with Crippen LogP contribution in [0.4, 0.5) is 5.82 Å². The molecule has 92 valence electrons. The third-order valence-corrected chi connectivity index (χ3v) is 2.41. The van der Waals surface area contributed by atoms with Crippen LogP contribution in [0.25, 0.3) is 0 Å². The van der Waals surface area contributed by atoms with Gasteiger partial charge in [0, 0.05) is 19.3 Å². The summed E-state index contributed by atoms with van der Waals surface area (Å²) in [7, 11) is 1.87. The zero-order chi connectivity index (χ0) is 12.8. The van der Waals surface area contributed by atoms with Crippen molar-refractivity contribution >= 4 is 11.8 Å². The van der Waals surface area contributed by atoms with Crippen molar-refractivity contribution < 1.29 is 9.90 Å². The Morgan fingerprint density at radius 1 is 1.59 bits per heavy atom. The molecule has 1 heterocycles. The lowest BCUT2D eigenvalue weighted by atomic mass is 10.1. The van der Waals surface area contributed by atoms with Crippen LogP contribution in [-0.4, -0.2) is 29.7 Å². The maximum atomic E-state index is 11.0. The first-order valence-electron chi connectivity index (χ1n) is 5.64. The van der Waals surface area contributed by atoms with E-state index in [0.29, 0.717) is 12.4 Å². The van der Waals surface area contributed by atoms with E-state index in [9.17, 15) is 4.79 Å². The number of likely N-dealkylation sites (N-methyl/N-ethyl adjacent to an activating group) is 1. The average molecular weight is 234 g/mol. The van der Waals surface area contributed by atoms with Crippen LogP contribution in [0.2, 0.25) is 0 Å². The summed E-state index contributed by atoms with van der Waals surface area (Å²) in [6.07, 6.45) is 3.49. The van der Waals surface area contributed by atoms with Gasteiger partial charge in [-0.2, -0.15) is 0 Å². The number of carboxylic acid groups (broad SMARTS) is 1. The lowest BCUT2D eigenvalue weighted by molar-refractivity contribution is 0.0696. The van der Waals surface area contributed by atoms with Crippen LogP contribution in [0.3, 0.4) is 0 Å². The number of aromatic nitrogens is 1. The van der Waals surface area contributed by atoms with Gasteiger partial charge in [-0.1, -0.05) is 19.4 Å². The first-order chi connectivity index (χ1) is 8.08. The number of anilines is 1. The Labute approximate surface area is 102 Å². The number of rotatable bonds is 6. The quantitative estimate of drug-likeness (QED) is 0.768. The van der Waals surface area contributed by atoms with Gasteiger partial charge in [0.15, 0.2) is 0 Å². The highest BCUT2D eigenvalue weighted by atomic mass is 16.4. The summed E-state index contributed by atoms with van der Waals surface area (Å²) in [5, 5.41) is 9.05. The van der Waals surface area contributed by atoms with Crippen LogP contribution in [0.1, 0.15) is 29.4 Å². The molecule has 0 unspecified atom stereocenters. The average Bonchev–Trinajstić information content (AvgIpc) is 2.29. The van der Waals surface area contributed by atoms with Gasteiger partial charge in [0.05, 0.1) is 5.56 Å². The summed E-state index contributed by atoms with van der Waals surface area (Å²) in [5.41, 5.74) is 1.10. The summed E-state index contributed by atoms with van der Waals surface area (Å²) in [5.74, 6) is -0.244. The Kier molecular flexibility index (Phi) is 4.69. The predicted octanol–water partition coefficient (Wildman–Crippen LogP) is 2.35. The van der Waals surface area contributed by atoms with Crippen LogP contribution >= 0.6 is 0 Å². The van der Waals surface area contributed by atoms with E-state index in [1.54, 1.807) is 18.2 Å². The van der Waals surface area contributed by atoms with Gasteiger partial charge >= 0.3 is 5.97 Å². The molecule has 0 aromatic carbocycles. The molecule has 0 radical (unpaired) electrons. The number of aryl methyl sites for hydroxylation is 1. The van der Waals surface area contributed by atoms with E-state index in [-0.39, 0.29) is 5.56 Å². The van der Waals surface area contributed by atoms with Gasteiger partial charge in [0.2, 0.25) is 0 Å². The van der Waals surface area contributed by atoms with E-state index in [0.717, 1.165) is 18.5 Å². The van der Waals surface area contributed by atoms with E-state index in [4.69, 9.17) is 5.11 Å². The fraction of sp³-hybridized carbons (Fsp3) is 0.385. The summed E-state index contributed by atoms with van der Waals surface area (Å²) in [6, 6.07) is 3.22. The summed E-state index contributed by atoms with van der Waals surface area (Å²) in [4.78, 5) is 17.3. The summed E-state index contributed by atoms with van der Waals surface area (Å²) < 4.78 is 0. The van der Waals surface area contributed by atoms with Gasteiger partial charge in [-0.25, -0.2) is 9.78 Å². The molecule has 17 heavy (non-hydrogen) atoms. The highest BCUT2D eigenvalue weighted by Gasteiger charge is 2.10. The molecular weight excluding hydrogens is 216 g/mol. The molecule has 0 amide bonds. The molecule has 0 aliphatic rings. The summed E-state index contributed by atoms with van der Waals surface area (Å²) >= 11 is 0. The second kappa shape index (κ2) is 6.03. The number of pyridine rings is 1. The molecule has 0 saturated carbocycles. The second-order valence-corrected chi connectivity index (χ2v) is 3.93. The molecule has 1 N–H and O–H groups in total. The molecule has 0 saturated heterocycles. The van der Waals surface area contributed by atoms with Gasteiger partial charge in [-0.15, -0.1) is 6.58 Å². The van der Waals surface area contributed by atoms with Crippen LogP contribution in [0.15, 0.2) is 24.8 Å². The van der Waals surface area contributed by atoms with Crippen molar-refractivity contribution in [2.24, 2.45) is 0 Å². The minimum absolute atomic E-state index is 0.286. The SMILES string of the molecule is C=CCN(C)c1cc(C(=O)O)cc(CCC)n1. The van der Waals surface area contributed by atoms with E-state index < -0.39 is 5.97 Å². The van der Waals surface area contributed by atoms with Crippen molar-refractivity contribution in [2.75, 3.05) is 18.5 Å². The molecular formula is C13H18N2O2. The molecule has 4 nitrogen and oxygen atoms in total. The smallest absolute Gasteiger partial charge is 0.335 e. The van der Waals surface area contributed by atoms with Crippen molar-refractivity contribution in [3.63, 3.8) is 0 Å². The van der Waals surface area contributed by atoms with E-state index >= 15 is 0 Å². The van der Waals surface area contributed by atoms with Crippen molar-refractivity contribution in [1.29, 1.82) is 0 Å². The molecule has 0 aliphatic carbocycles. The molecule has 4 heteroatoms. The lowest BCUT2D eigenvalue weighted by Crippen LogP contribution is -2.19. The predicted molar refractivity (Wildman–Crippen MR) is 68.7 cm³/mol. The normalized spacial score (nSPS) is 10.0. The number of carboxylic acids is 1. The highest BCUT2D eigenvalue weighted by Crippen LogP contribution is 2.15. The molecule has 0 atom stereocenters. The lowest BCUT2D eigenvalue weighted by Gasteiger charge is -2.17. The maximum Gasteiger partial charge on any atom is 0.335 e. The van der Waals surface area contributed by atoms with Gasteiger partial charge < -0.3 is 10.0 Å². The Bertz CT molecular complexity index is 416. The molecule has 1 aromatic heterocycles. The van der Waals surface area contributed by atoms with Crippen molar-refractivity contribution in [3.05, 3.63) is 36.0 Å². The molecule has 0 fully saturated rings. The van der Waals surface area contributed by atoms with Gasteiger partial charge in [0.1, 0.15) is 5.82 Å². The Hall–Kier alpha value is -1.84. The zero-order valence-corrected chi connectivity index (χ0v) is 10.3. The van der Waals surface area contributed by atoms with Gasteiger partial charge in [-0.05, 0) is 18.6 Å². The fourth-order valence-electron chi connectivity index (χ4n) is 1.56. The maximum absolute atomic E-state index is 11.0. The Balaban J connectivity index is 3.11. The Morgan fingerprint density at radius 3 is 2.82 bits per heavy atom. The molecule has 0 bridgehead atoms. The van der Waals surface area contributed by atoms with E-state index in [1.807, 2.05) is 18.9 Å². The number of aromatic carboxylic acids is 1. The minimum Gasteiger partial charge on any atom is -0.478 e. The van der Waals surface area contributed by atoms with Crippen LogP contribution in [0.5, 0.6) is 0 Å². The fourth-order valence-corrected chi connectivity index (χ4v) is 1.56. The molecule has 1 rings (SSSR count). The number of hydrogen-bond donors (Lipinski definition) is 1. The largest absolute Gasteiger partial charge is 0.478 e. The topological polar surface area (TPSA) is 53.4 Å². The minimum atomic E-state index is -0.919. The van der Waals surface area contributed by atoms with Crippen molar-refractivity contribution in [3.8, 4) is 0 Å². The van der Waals surface area contributed by atoms with Crippen LogP contribution in [0, 0.1) is 0 Å². The van der Waals surface area contributed by atoms with Crippen LogP contribution in [-0.2, 0) is 6.42 Å². The van der Waals surface area contributed by atoms with Crippen molar-refractivity contribution in [1.82, 2.24) is 4.98 Å². The molecule has 0 spiro atoms. The van der Waals surface area contributed by atoms with Gasteiger partial charge in [0.25, 0.3) is 0 Å². The first-order valence-corrected chi connectivity index (χ1v) is 5.64. The van der Waals surface area contributed by atoms with Gasteiger partial charge in [-0.3, -0.25) is 0 Å². The van der Waals surface area contributed by atoms with E-state index in [2.05, 4.69) is 11.6 Å². The van der Waals surface area contributed by atoms with E-state index in [1.165, 1.54) is 0 Å². The molecule has 1 aromatic rings. The van der Waals surface area contributed by atoms with Crippen molar-refractivity contribution in [2.45, 2.75) is 19.8 Å². The van der Waals surface area contributed by atoms with Crippen LogP contribution < -0.4 is 4.90 Å².